The lowest BCUT2D eigenvalue weighted by molar-refractivity contribution is -0.141. The predicted octanol–water partition coefficient (Wildman–Crippen LogP) is 4.84. The summed E-state index contributed by atoms with van der Waals surface area (Å²) < 4.78 is 53.5. The van der Waals surface area contributed by atoms with Crippen molar-refractivity contribution in [2.45, 2.75) is 19.1 Å². The van der Waals surface area contributed by atoms with Crippen LogP contribution in [0.15, 0.2) is 48.9 Å². The molecule has 4 rings (SSSR count). The molecule has 30 heavy (non-hydrogen) atoms. The van der Waals surface area contributed by atoms with Gasteiger partial charge in [-0.15, -0.1) is 5.10 Å². The molecule has 3 N–H and O–H groups in total. The van der Waals surface area contributed by atoms with E-state index in [1.54, 1.807) is 12.1 Å². The topological polar surface area (TPSA) is 94.0 Å². The lowest BCUT2D eigenvalue weighted by atomic mass is 10.1. The van der Waals surface area contributed by atoms with Crippen LogP contribution in [0, 0.1) is 5.82 Å². The van der Waals surface area contributed by atoms with Gasteiger partial charge in [-0.2, -0.15) is 13.2 Å². The summed E-state index contributed by atoms with van der Waals surface area (Å²) in [6, 6.07) is 8.12. The van der Waals surface area contributed by atoms with Gasteiger partial charge in [-0.25, -0.2) is 23.9 Å². The number of hydrogen-bond acceptors (Lipinski definition) is 6. The molecule has 11 heteroatoms. The third-order valence-electron chi connectivity index (χ3n) is 4.46. The van der Waals surface area contributed by atoms with Gasteiger partial charge in [-0.1, -0.05) is 12.1 Å². The van der Waals surface area contributed by atoms with Gasteiger partial charge < -0.3 is 11.1 Å². The molecule has 1 aromatic carbocycles. The minimum atomic E-state index is -4.61. The first-order valence-corrected chi connectivity index (χ1v) is 8.79. The Morgan fingerprint density at radius 3 is 2.57 bits per heavy atom. The fourth-order valence-corrected chi connectivity index (χ4v) is 2.98. The highest BCUT2D eigenvalue weighted by atomic mass is 19.4. The maximum Gasteiger partial charge on any atom is 0.433 e. The van der Waals surface area contributed by atoms with Crippen LogP contribution in [0.2, 0.25) is 0 Å². The SMILES string of the molecule is C[C@H](Nc1cc(-c2c(N)nn3ccc(C(F)(F)F)nc23)ncn1)c1ccc(F)cc1.[HH].[HH].[HH]. The Morgan fingerprint density at radius 2 is 1.87 bits per heavy atom. The average Bonchev–Trinajstić information content (AvgIpc) is 3.03. The maximum absolute atomic E-state index is 13.1. The average molecular weight is 423 g/mol. The number of nitrogens with one attached hydrogen (secondary N) is 1. The quantitative estimate of drug-likeness (QED) is 0.456. The number of nitrogens with zero attached hydrogens (tertiary/aromatic N) is 5. The second kappa shape index (κ2) is 7.25. The highest BCUT2D eigenvalue weighted by molar-refractivity contribution is 5.85. The van der Waals surface area contributed by atoms with E-state index in [4.69, 9.17) is 5.73 Å². The third-order valence-corrected chi connectivity index (χ3v) is 4.46. The molecule has 7 nitrogen and oxygen atoms in total. The number of nitrogens with two attached hydrogens (primary N) is 1. The molecule has 0 radical (unpaired) electrons. The normalized spacial score (nSPS) is 12.8. The van der Waals surface area contributed by atoms with E-state index >= 15 is 0 Å². The molecule has 0 saturated carbocycles. The lowest BCUT2D eigenvalue weighted by Crippen LogP contribution is -2.09. The molecular formula is C19H21F4N7. The van der Waals surface area contributed by atoms with Gasteiger partial charge in [0.2, 0.25) is 0 Å². The van der Waals surface area contributed by atoms with Crippen LogP contribution in [0.3, 0.4) is 0 Å². The Labute approximate surface area is 172 Å². The smallest absolute Gasteiger partial charge is 0.382 e. The van der Waals surface area contributed by atoms with Crippen LogP contribution in [0.5, 0.6) is 0 Å². The first kappa shape index (κ1) is 19.6. The molecule has 0 unspecified atom stereocenters. The second-order valence-corrected chi connectivity index (χ2v) is 6.55. The zero-order valence-corrected chi connectivity index (χ0v) is 15.5. The highest BCUT2D eigenvalue weighted by Crippen LogP contribution is 2.32. The van der Waals surface area contributed by atoms with Crippen molar-refractivity contribution in [3.05, 3.63) is 66.0 Å². The molecule has 1 atom stereocenters. The van der Waals surface area contributed by atoms with E-state index in [9.17, 15) is 17.6 Å². The van der Waals surface area contributed by atoms with Crippen LogP contribution >= 0.6 is 0 Å². The summed E-state index contributed by atoms with van der Waals surface area (Å²) in [5.74, 6) is 0.0465. The zero-order chi connectivity index (χ0) is 21.5. The van der Waals surface area contributed by atoms with Crippen molar-refractivity contribution in [3.63, 3.8) is 0 Å². The summed E-state index contributed by atoms with van der Waals surface area (Å²) in [6.07, 6.45) is -2.21. The highest BCUT2D eigenvalue weighted by Gasteiger charge is 2.33. The summed E-state index contributed by atoms with van der Waals surface area (Å²) in [4.78, 5) is 11.9. The third kappa shape index (κ3) is 3.73. The monoisotopic (exact) mass is 423 g/mol. The standard InChI is InChI=1S/C19H15F4N7.3H2/c1-10(11-2-4-12(20)5-3-11)27-15-8-13(25-9-26-15)16-17(24)29-30-7-6-14(19(21,22)23)28-18(16)30;;;/h2-10H,1H3,(H2,24,29)(H,25,26,27);3*1H/t10-;;;/m0.../s1. The second-order valence-electron chi connectivity index (χ2n) is 6.55. The van der Waals surface area contributed by atoms with E-state index in [1.165, 1.54) is 24.5 Å². The van der Waals surface area contributed by atoms with Gasteiger partial charge in [0.25, 0.3) is 0 Å². The van der Waals surface area contributed by atoms with Crippen molar-refractivity contribution in [1.82, 2.24) is 24.6 Å². The number of anilines is 2. The van der Waals surface area contributed by atoms with E-state index in [1.807, 2.05) is 6.92 Å². The molecule has 160 valence electrons. The Balaban J connectivity index is 0.00000181. The van der Waals surface area contributed by atoms with E-state index < -0.39 is 11.9 Å². The van der Waals surface area contributed by atoms with Crippen molar-refractivity contribution in [3.8, 4) is 11.3 Å². The molecule has 0 fully saturated rings. The molecule has 0 bridgehead atoms. The molecule has 0 saturated heterocycles. The molecule has 4 aromatic rings. The molecule has 0 aliphatic carbocycles. The van der Waals surface area contributed by atoms with Crippen LogP contribution in [0.4, 0.5) is 29.2 Å². The zero-order valence-electron chi connectivity index (χ0n) is 15.5. The van der Waals surface area contributed by atoms with Crippen LogP contribution in [0.25, 0.3) is 16.9 Å². The van der Waals surface area contributed by atoms with Gasteiger partial charge in [0.15, 0.2) is 11.5 Å². The van der Waals surface area contributed by atoms with E-state index in [0.717, 1.165) is 22.3 Å². The van der Waals surface area contributed by atoms with Crippen LogP contribution in [-0.4, -0.2) is 24.6 Å². The van der Waals surface area contributed by atoms with Crippen molar-refractivity contribution in [2.75, 3.05) is 11.1 Å². The van der Waals surface area contributed by atoms with Gasteiger partial charge >= 0.3 is 6.18 Å². The molecule has 0 aliphatic rings. The first-order valence-electron chi connectivity index (χ1n) is 8.79. The fourth-order valence-electron chi connectivity index (χ4n) is 2.98. The van der Waals surface area contributed by atoms with Crippen LogP contribution in [-0.2, 0) is 6.18 Å². The molecule has 0 spiro atoms. The predicted molar refractivity (Wildman–Crippen MR) is 108 cm³/mol. The molecule has 3 heterocycles. The number of hydrogen-bond donors (Lipinski definition) is 2. The van der Waals surface area contributed by atoms with Crippen molar-refractivity contribution < 1.29 is 21.8 Å². The van der Waals surface area contributed by atoms with E-state index in [0.29, 0.717) is 5.82 Å². The summed E-state index contributed by atoms with van der Waals surface area (Å²) in [7, 11) is 0. The van der Waals surface area contributed by atoms with Crippen molar-refractivity contribution >= 4 is 17.3 Å². The molecular weight excluding hydrogens is 402 g/mol. The molecule has 0 aliphatic heterocycles. The van der Waals surface area contributed by atoms with Crippen LogP contribution in [0.1, 0.15) is 28.5 Å². The fraction of sp³-hybridized carbons (Fsp3) is 0.158. The number of nitrogen functional groups attached to an aromatic ring is 1. The number of halogens is 4. The van der Waals surface area contributed by atoms with Gasteiger partial charge in [-0.05, 0) is 30.7 Å². The first-order chi connectivity index (χ1) is 14.2. The van der Waals surface area contributed by atoms with Gasteiger partial charge in [0, 0.05) is 22.6 Å². The Bertz CT molecular complexity index is 1220. The Kier molecular flexibility index (Phi) is 4.72. The largest absolute Gasteiger partial charge is 0.433 e. The minimum Gasteiger partial charge on any atom is -0.382 e. The van der Waals surface area contributed by atoms with Crippen molar-refractivity contribution in [2.24, 2.45) is 0 Å². The molecule has 3 aromatic heterocycles. The summed E-state index contributed by atoms with van der Waals surface area (Å²) in [5, 5.41) is 7.15. The number of benzene rings is 1. The molecule has 0 amide bonds. The number of rotatable bonds is 4. The lowest BCUT2D eigenvalue weighted by Gasteiger charge is -2.15. The summed E-state index contributed by atoms with van der Waals surface area (Å²) in [6.45, 7) is 1.86. The van der Waals surface area contributed by atoms with Gasteiger partial charge in [-0.3, -0.25) is 0 Å². The summed E-state index contributed by atoms with van der Waals surface area (Å²) in [5.41, 5.74) is 6.05. The number of alkyl halides is 3. The maximum atomic E-state index is 13.1. The van der Waals surface area contributed by atoms with Gasteiger partial charge in [0.05, 0.1) is 11.3 Å². The Hall–Kier alpha value is -3.76. The van der Waals surface area contributed by atoms with Crippen molar-refractivity contribution in [1.29, 1.82) is 0 Å². The minimum absolute atomic E-state index is 0. The van der Waals surface area contributed by atoms with Gasteiger partial charge in [0.1, 0.15) is 23.7 Å². The summed E-state index contributed by atoms with van der Waals surface area (Å²) >= 11 is 0. The number of fused-ring (bicyclic) bond motifs is 1. The number of aromatic nitrogens is 5. The van der Waals surface area contributed by atoms with E-state index in [2.05, 4.69) is 25.4 Å². The van der Waals surface area contributed by atoms with E-state index in [-0.39, 0.29) is 38.9 Å². The van der Waals surface area contributed by atoms with Crippen LogP contribution < -0.4 is 11.1 Å². The Morgan fingerprint density at radius 1 is 1.13 bits per heavy atom.